The Balaban J connectivity index is 3.26. The van der Waals surface area contributed by atoms with E-state index in [-0.39, 0.29) is 12.0 Å². The molecule has 1 aromatic carbocycles. The summed E-state index contributed by atoms with van der Waals surface area (Å²) in [6.07, 6.45) is 0. The van der Waals surface area contributed by atoms with Crippen LogP contribution in [0.4, 0.5) is 0 Å². The second kappa shape index (κ2) is 6.57. The third-order valence-corrected chi connectivity index (χ3v) is 2.91. The number of rotatable bonds is 6. The summed E-state index contributed by atoms with van der Waals surface area (Å²) in [5.41, 5.74) is -0.138. The predicted molar refractivity (Wildman–Crippen MR) is 75.3 cm³/mol. The van der Waals surface area contributed by atoms with Crippen LogP contribution in [0.5, 0.6) is 5.75 Å². The van der Waals surface area contributed by atoms with Gasteiger partial charge in [-0.25, -0.2) is 4.79 Å². The molecule has 0 aliphatic heterocycles. The van der Waals surface area contributed by atoms with Crippen LogP contribution in [-0.4, -0.2) is 25.7 Å². The molecule has 1 unspecified atom stereocenters. The molecule has 4 heteroatoms. The Morgan fingerprint density at radius 2 is 2.00 bits per heavy atom. The molecule has 0 aromatic heterocycles. The van der Waals surface area contributed by atoms with Crippen LogP contribution in [0.3, 0.4) is 0 Å². The van der Waals surface area contributed by atoms with Crippen molar-refractivity contribution in [3.8, 4) is 5.75 Å². The van der Waals surface area contributed by atoms with E-state index in [1.165, 1.54) is 0 Å². The quantitative estimate of drug-likeness (QED) is 0.803. The largest absolute Gasteiger partial charge is 0.496 e. The van der Waals surface area contributed by atoms with Crippen LogP contribution in [-0.2, 0) is 15.1 Å². The molecule has 0 saturated carbocycles. The van der Waals surface area contributed by atoms with E-state index < -0.39 is 5.54 Å². The van der Waals surface area contributed by atoms with Gasteiger partial charge in [0.2, 0.25) is 0 Å². The molecule has 0 spiro atoms. The van der Waals surface area contributed by atoms with E-state index in [4.69, 9.17) is 9.47 Å². The second-order valence-corrected chi connectivity index (χ2v) is 4.84. The van der Waals surface area contributed by atoms with Gasteiger partial charge in [-0.1, -0.05) is 18.2 Å². The number of carbonyl (C=O) groups is 1. The Kier molecular flexibility index (Phi) is 5.36. The second-order valence-electron chi connectivity index (χ2n) is 4.84. The molecule has 0 amide bonds. The molecule has 19 heavy (non-hydrogen) atoms. The first-order chi connectivity index (χ1) is 8.95. The molecule has 0 aliphatic rings. The van der Waals surface area contributed by atoms with Crippen LogP contribution < -0.4 is 10.1 Å². The maximum atomic E-state index is 12.3. The first-order valence-electron chi connectivity index (χ1n) is 6.54. The highest BCUT2D eigenvalue weighted by Gasteiger charge is 2.39. The molecule has 0 heterocycles. The number of benzene rings is 1. The van der Waals surface area contributed by atoms with Gasteiger partial charge in [-0.2, -0.15) is 0 Å². The molecular formula is C15H23NO3. The Morgan fingerprint density at radius 1 is 1.37 bits per heavy atom. The van der Waals surface area contributed by atoms with Crippen LogP contribution >= 0.6 is 0 Å². The van der Waals surface area contributed by atoms with E-state index in [9.17, 15) is 4.79 Å². The molecule has 0 saturated heterocycles. The molecule has 1 atom stereocenters. The average molecular weight is 265 g/mol. The molecule has 4 nitrogen and oxygen atoms in total. The Hall–Kier alpha value is -1.55. The molecule has 1 rings (SSSR count). The van der Waals surface area contributed by atoms with Crippen molar-refractivity contribution in [2.75, 3.05) is 13.7 Å². The Labute approximate surface area is 115 Å². The molecule has 106 valence electrons. The highest BCUT2D eigenvalue weighted by molar-refractivity contribution is 5.83. The van der Waals surface area contributed by atoms with Crippen molar-refractivity contribution in [2.24, 2.45) is 0 Å². The molecule has 0 radical (unpaired) electrons. The number of nitrogens with one attached hydrogen (secondary N) is 1. The Morgan fingerprint density at radius 3 is 2.53 bits per heavy atom. The monoisotopic (exact) mass is 265 g/mol. The topological polar surface area (TPSA) is 47.6 Å². The summed E-state index contributed by atoms with van der Waals surface area (Å²) in [5, 5.41) is 3.28. The molecule has 1 N–H and O–H groups in total. The number of hydrogen-bond acceptors (Lipinski definition) is 4. The lowest BCUT2D eigenvalue weighted by Crippen LogP contribution is -2.50. The summed E-state index contributed by atoms with van der Waals surface area (Å²) in [7, 11) is 1.60. The van der Waals surface area contributed by atoms with Gasteiger partial charge in [0.1, 0.15) is 11.3 Å². The van der Waals surface area contributed by atoms with E-state index in [2.05, 4.69) is 5.32 Å². The van der Waals surface area contributed by atoms with E-state index >= 15 is 0 Å². The van der Waals surface area contributed by atoms with Crippen LogP contribution in [0.15, 0.2) is 24.3 Å². The van der Waals surface area contributed by atoms with Crippen molar-refractivity contribution in [2.45, 2.75) is 39.3 Å². The maximum Gasteiger partial charge on any atom is 0.330 e. The summed E-state index contributed by atoms with van der Waals surface area (Å²) in [5.74, 6) is 0.374. The minimum absolute atomic E-state index is 0.138. The van der Waals surface area contributed by atoms with Crippen LogP contribution in [0, 0.1) is 0 Å². The van der Waals surface area contributed by atoms with Crippen molar-refractivity contribution in [1.29, 1.82) is 0 Å². The summed E-state index contributed by atoms with van der Waals surface area (Å²) in [4.78, 5) is 12.3. The molecule has 0 fully saturated rings. The lowest BCUT2D eigenvalue weighted by atomic mass is 9.90. The third kappa shape index (κ3) is 3.47. The maximum absolute atomic E-state index is 12.3. The standard InChI is InChI=1S/C15H23NO3/c1-6-19-14(17)15(4,16-11(2)3)12-9-7-8-10-13(12)18-5/h7-11,16H,6H2,1-5H3. The summed E-state index contributed by atoms with van der Waals surface area (Å²) in [6, 6.07) is 7.62. The summed E-state index contributed by atoms with van der Waals surface area (Å²) in [6.45, 7) is 7.96. The predicted octanol–water partition coefficient (Wildman–Crippen LogP) is 2.47. The van der Waals surface area contributed by atoms with Crippen LogP contribution in [0.1, 0.15) is 33.3 Å². The van der Waals surface area contributed by atoms with Gasteiger partial charge in [0.05, 0.1) is 13.7 Å². The zero-order chi connectivity index (χ0) is 14.5. The van der Waals surface area contributed by atoms with Gasteiger partial charge in [-0.3, -0.25) is 5.32 Å². The normalized spacial score (nSPS) is 14.0. The van der Waals surface area contributed by atoms with E-state index in [0.29, 0.717) is 12.4 Å². The van der Waals surface area contributed by atoms with Crippen LogP contribution in [0.25, 0.3) is 0 Å². The van der Waals surface area contributed by atoms with Crippen LogP contribution in [0.2, 0.25) is 0 Å². The van der Waals surface area contributed by atoms with Crippen molar-refractivity contribution in [1.82, 2.24) is 5.32 Å². The molecule has 1 aromatic rings. The van der Waals surface area contributed by atoms with Gasteiger partial charge in [0.25, 0.3) is 0 Å². The van der Waals surface area contributed by atoms with Crippen molar-refractivity contribution in [3.05, 3.63) is 29.8 Å². The molecule has 0 bridgehead atoms. The van der Waals surface area contributed by atoms with Crippen molar-refractivity contribution >= 4 is 5.97 Å². The summed E-state index contributed by atoms with van der Waals surface area (Å²) >= 11 is 0. The first-order valence-corrected chi connectivity index (χ1v) is 6.54. The highest BCUT2D eigenvalue weighted by atomic mass is 16.5. The fourth-order valence-corrected chi connectivity index (χ4v) is 2.16. The average Bonchev–Trinajstić information content (AvgIpc) is 2.38. The number of para-hydroxylation sites is 1. The van der Waals surface area contributed by atoms with Gasteiger partial charge in [0, 0.05) is 11.6 Å². The van der Waals surface area contributed by atoms with Gasteiger partial charge in [-0.15, -0.1) is 0 Å². The van der Waals surface area contributed by atoms with E-state index in [1.54, 1.807) is 14.0 Å². The first kappa shape index (κ1) is 15.5. The zero-order valence-corrected chi connectivity index (χ0v) is 12.3. The summed E-state index contributed by atoms with van der Waals surface area (Å²) < 4.78 is 10.6. The fraction of sp³-hybridized carbons (Fsp3) is 0.533. The fourth-order valence-electron chi connectivity index (χ4n) is 2.16. The van der Waals surface area contributed by atoms with Gasteiger partial charge >= 0.3 is 5.97 Å². The number of methoxy groups -OCH3 is 1. The minimum Gasteiger partial charge on any atom is -0.496 e. The van der Waals surface area contributed by atoms with Crippen molar-refractivity contribution < 1.29 is 14.3 Å². The molecule has 0 aliphatic carbocycles. The van der Waals surface area contributed by atoms with Gasteiger partial charge in [0.15, 0.2) is 0 Å². The highest BCUT2D eigenvalue weighted by Crippen LogP contribution is 2.31. The lowest BCUT2D eigenvalue weighted by molar-refractivity contribution is -0.151. The zero-order valence-electron chi connectivity index (χ0n) is 12.3. The SMILES string of the molecule is CCOC(=O)C(C)(NC(C)C)c1ccccc1OC. The molecular weight excluding hydrogens is 242 g/mol. The van der Waals surface area contributed by atoms with Gasteiger partial charge in [-0.05, 0) is 33.8 Å². The number of carbonyl (C=O) groups excluding carboxylic acids is 1. The number of hydrogen-bond donors (Lipinski definition) is 1. The minimum atomic E-state index is -0.920. The smallest absolute Gasteiger partial charge is 0.330 e. The van der Waals surface area contributed by atoms with Gasteiger partial charge < -0.3 is 9.47 Å². The van der Waals surface area contributed by atoms with Crippen molar-refractivity contribution in [3.63, 3.8) is 0 Å². The van der Waals surface area contributed by atoms with E-state index in [1.807, 2.05) is 45.0 Å². The third-order valence-electron chi connectivity index (χ3n) is 2.91. The van der Waals surface area contributed by atoms with E-state index in [0.717, 1.165) is 5.56 Å². The lowest BCUT2D eigenvalue weighted by Gasteiger charge is -2.32. The number of ether oxygens (including phenoxy) is 2. The number of esters is 1. The Bertz CT molecular complexity index is 431.